The summed E-state index contributed by atoms with van der Waals surface area (Å²) in [5.41, 5.74) is 0.537. The van der Waals surface area contributed by atoms with E-state index in [4.69, 9.17) is 23.2 Å². The van der Waals surface area contributed by atoms with E-state index < -0.39 is 0 Å². The summed E-state index contributed by atoms with van der Waals surface area (Å²) in [5.74, 6) is -0.260. The van der Waals surface area contributed by atoms with Crippen LogP contribution >= 0.6 is 23.2 Å². The highest BCUT2D eigenvalue weighted by molar-refractivity contribution is 6.31. The Bertz CT molecular complexity index is 292. The molecule has 0 saturated carbocycles. The van der Waals surface area contributed by atoms with E-state index in [0.717, 1.165) is 19.3 Å². The first-order chi connectivity index (χ1) is 7.15. The van der Waals surface area contributed by atoms with Gasteiger partial charge < -0.3 is 0 Å². The van der Waals surface area contributed by atoms with E-state index in [1.54, 1.807) is 12.1 Å². The average Bonchev–Trinajstić information content (AvgIpc) is 2.21. The lowest BCUT2D eigenvalue weighted by Crippen LogP contribution is -2.05. The quantitative estimate of drug-likeness (QED) is 0.656. The van der Waals surface area contributed by atoms with E-state index in [-0.39, 0.29) is 11.2 Å². The van der Waals surface area contributed by atoms with Crippen LogP contribution in [0.5, 0.6) is 0 Å². The summed E-state index contributed by atoms with van der Waals surface area (Å²) in [6, 6.07) is 4.73. The second kappa shape index (κ2) is 6.34. The molecule has 1 rings (SSSR count). The summed E-state index contributed by atoms with van der Waals surface area (Å²) < 4.78 is 13.4. The summed E-state index contributed by atoms with van der Waals surface area (Å²) in [6.07, 6.45) is 3.59. The van der Waals surface area contributed by atoms with Gasteiger partial charge in [0.05, 0.1) is 0 Å². The lowest BCUT2D eigenvalue weighted by atomic mass is 10.1. The summed E-state index contributed by atoms with van der Waals surface area (Å²) in [4.78, 5) is 0. The molecular formula is C12H15Cl2F. The molecule has 3 heteroatoms. The van der Waals surface area contributed by atoms with Crippen molar-refractivity contribution in [3.63, 3.8) is 0 Å². The number of hydrogen-bond acceptors (Lipinski definition) is 0. The van der Waals surface area contributed by atoms with Gasteiger partial charge in [0.25, 0.3) is 0 Å². The van der Waals surface area contributed by atoms with Gasteiger partial charge in [-0.2, -0.15) is 0 Å². The van der Waals surface area contributed by atoms with Gasteiger partial charge in [-0.25, -0.2) is 4.39 Å². The first-order valence-corrected chi connectivity index (χ1v) is 6.03. The Kier molecular flexibility index (Phi) is 5.41. The smallest absolute Gasteiger partial charge is 0.127 e. The lowest BCUT2D eigenvalue weighted by molar-refractivity contribution is 0.596. The zero-order valence-corrected chi connectivity index (χ0v) is 10.3. The molecule has 84 valence electrons. The molecule has 0 saturated heterocycles. The third-order valence-corrected chi connectivity index (χ3v) is 3.08. The zero-order chi connectivity index (χ0) is 11.3. The van der Waals surface area contributed by atoms with Crippen LogP contribution in [-0.2, 0) is 6.42 Å². The van der Waals surface area contributed by atoms with Crippen molar-refractivity contribution >= 4 is 23.2 Å². The Morgan fingerprint density at radius 3 is 2.73 bits per heavy atom. The second-order valence-electron chi connectivity index (χ2n) is 3.64. The van der Waals surface area contributed by atoms with Gasteiger partial charge in [0.15, 0.2) is 0 Å². The van der Waals surface area contributed by atoms with Crippen LogP contribution in [0.25, 0.3) is 0 Å². The molecule has 0 amide bonds. The van der Waals surface area contributed by atoms with Crippen LogP contribution in [0.1, 0.15) is 31.7 Å². The van der Waals surface area contributed by atoms with Crippen molar-refractivity contribution < 1.29 is 4.39 Å². The molecule has 1 aromatic rings. The van der Waals surface area contributed by atoms with Crippen LogP contribution in [0.4, 0.5) is 4.39 Å². The Hall–Kier alpha value is -0.270. The minimum Gasteiger partial charge on any atom is -0.207 e. The number of benzene rings is 1. The summed E-state index contributed by atoms with van der Waals surface area (Å²) in [6.45, 7) is 2.11. The highest BCUT2D eigenvalue weighted by Crippen LogP contribution is 2.23. The molecule has 0 fully saturated rings. The lowest BCUT2D eigenvalue weighted by Gasteiger charge is -2.10. The van der Waals surface area contributed by atoms with Gasteiger partial charge in [0.2, 0.25) is 0 Å². The fourth-order valence-electron chi connectivity index (χ4n) is 1.48. The maximum absolute atomic E-state index is 13.4. The monoisotopic (exact) mass is 248 g/mol. The zero-order valence-electron chi connectivity index (χ0n) is 8.77. The normalized spacial score (nSPS) is 12.8. The van der Waals surface area contributed by atoms with Crippen molar-refractivity contribution in [2.45, 2.75) is 38.0 Å². The number of halogens is 3. The molecule has 0 aromatic heterocycles. The first kappa shape index (κ1) is 12.8. The van der Waals surface area contributed by atoms with Crippen LogP contribution < -0.4 is 0 Å². The molecule has 0 aliphatic heterocycles. The minimum atomic E-state index is -0.260. The third kappa shape index (κ3) is 4.00. The molecule has 1 unspecified atom stereocenters. The van der Waals surface area contributed by atoms with Crippen LogP contribution in [-0.4, -0.2) is 5.38 Å². The first-order valence-electron chi connectivity index (χ1n) is 5.22. The molecule has 0 radical (unpaired) electrons. The molecule has 0 nitrogen and oxygen atoms in total. The van der Waals surface area contributed by atoms with Gasteiger partial charge in [0, 0.05) is 16.0 Å². The van der Waals surface area contributed by atoms with Crippen LogP contribution in [0, 0.1) is 5.82 Å². The van der Waals surface area contributed by atoms with E-state index in [1.807, 2.05) is 0 Å². The van der Waals surface area contributed by atoms with Crippen molar-refractivity contribution in [3.8, 4) is 0 Å². The molecule has 15 heavy (non-hydrogen) atoms. The molecule has 0 aliphatic rings. The van der Waals surface area contributed by atoms with Crippen molar-refractivity contribution in [2.24, 2.45) is 0 Å². The Morgan fingerprint density at radius 2 is 2.13 bits per heavy atom. The van der Waals surface area contributed by atoms with Gasteiger partial charge in [-0.05, 0) is 25.0 Å². The largest absolute Gasteiger partial charge is 0.207 e. The average molecular weight is 249 g/mol. The van der Waals surface area contributed by atoms with Crippen molar-refractivity contribution in [3.05, 3.63) is 34.6 Å². The molecule has 0 N–H and O–H groups in total. The number of rotatable bonds is 5. The third-order valence-electron chi connectivity index (χ3n) is 2.36. The molecule has 1 aromatic carbocycles. The maximum atomic E-state index is 13.4. The molecule has 0 heterocycles. The van der Waals surface area contributed by atoms with Crippen LogP contribution in [0.3, 0.4) is 0 Å². The van der Waals surface area contributed by atoms with E-state index in [9.17, 15) is 4.39 Å². The molecule has 1 atom stereocenters. The van der Waals surface area contributed by atoms with E-state index in [2.05, 4.69) is 6.92 Å². The fraction of sp³-hybridized carbons (Fsp3) is 0.500. The Morgan fingerprint density at radius 1 is 1.40 bits per heavy atom. The van der Waals surface area contributed by atoms with E-state index in [0.29, 0.717) is 17.0 Å². The fourth-order valence-corrected chi connectivity index (χ4v) is 2.03. The molecule has 0 aliphatic carbocycles. The summed E-state index contributed by atoms with van der Waals surface area (Å²) in [7, 11) is 0. The summed E-state index contributed by atoms with van der Waals surface area (Å²) in [5, 5.41) is 0.441. The van der Waals surface area contributed by atoms with Crippen LogP contribution in [0.15, 0.2) is 18.2 Å². The Balaban J connectivity index is 2.63. The number of alkyl halides is 1. The number of unbranched alkanes of at least 4 members (excludes halogenated alkanes) is 1. The molecule has 0 bridgehead atoms. The minimum absolute atomic E-state index is 0.0284. The molecular weight excluding hydrogens is 234 g/mol. The van der Waals surface area contributed by atoms with Crippen molar-refractivity contribution in [1.29, 1.82) is 0 Å². The van der Waals surface area contributed by atoms with E-state index >= 15 is 0 Å². The van der Waals surface area contributed by atoms with Gasteiger partial charge in [-0.15, -0.1) is 11.6 Å². The van der Waals surface area contributed by atoms with Crippen molar-refractivity contribution in [1.82, 2.24) is 0 Å². The SMILES string of the molecule is CCCCC(Cl)Cc1c(F)cccc1Cl. The molecule has 0 spiro atoms. The second-order valence-corrected chi connectivity index (χ2v) is 4.67. The van der Waals surface area contributed by atoms with Gasteiger partial charge in [-0.3, -0.25) is 0 Å². The highest BCUT2D eigenvalue weighted by Gasteiger charge is 2.12. The van der Waals surface area contributed by atoms with Gasteiger partial charge >= 0.3 is 0 Å². The predicted octanol–water partition coefficient (Wildman–Crippen LogP) is 4.82. The van der Waals surface area contributed by atoms with E-state index in [1.165, 1.54) is 6.07 Å². The Labute approximate surface area is 100 Å². The topological polar surface area (TPSA) is 0 Å². The van der Waals surface area contributed by atoms with Crippen LogP contribution in [0.2, 0.25) is 5.02 Å². The highest BCUT2D eigenvalue weighted by atomic mass is 35.5. The van der Waals surface area contributed by atoms with Gasteiger partial charge in [0.1, 0.15) is 5.82 Å². The van der Waals surface area contributed by atoms with Gasteiger partial charge in [-0.1, -0.05) is 37.4 Å². The standard InChI is InChI=1S/C12H15Cl2F/c1-2-3-5-9(13)8-10-11(14)6-4-7-12(10)15/h4,6-7,9H,2-3,5,8H2,1H3. The number of hydrogen-bond donors (Lipinski definition) is 0. The summed E-state index contributed by atoms with van der Waals surface area (Å²) >= 11 is 12.0. The maximum Gasteiger partial charge on any atom is 0.127 e. The van der Waals surface area contributed by atoms with Crippen molar-refractivity contribution in [2.75, 3.05) is 0 Å². The predicted molar refractivity (Wildman–Crippen MR) is 64.3 cm³/mol.